The molecule has 2 aromatic heterocycles. The Hall–Kier alpha value is -2.58. The highest BCUT2D eigenvalue weighted by Crippen LogP contribution is 2.36. The number of nitrogens with zero attached hydrogens (tertiary/aromatic N) is 3. The summed E-state index contributed by atoms with van der Waals surface area (Å²) in [6, 6.07) is 6.29. The van der Waals surface area contributed by atoms with E-state index in [9.17, 15) is 9.18 Å². The van der Waals surface area contributed by atoms with Crippen LogP contribution in [0.5, 0.6) is 0 Å². The van der Waals surface area contributed by atoms with Gasteiger partial charge in [-0.3, -0.25) is 4.79 Å². The first-order chi connectivity index (χ1) is 12.6. The minimum Gasteiger partial charge on any atom is -0.395 e. The van der Waals surface area contributed by atoms with Gasteiger partial charge in [0.2, 0.25) is 5.91 Å². The number of carbonyl (C=O) groups excluding carboxylic acids is 1. The summed E-state index contributed by atoms with van der Waals surface area (Å²) in [6.45, 7) is 0.674. The highest BCUT2D eigenvalue weighted by atomic mass is 32.1. The molecule has 1 amide bonds. The number of anilines is 1. The fourth-order valence-corrected chi connectivity index (χ4v) is 3.52. The third kappa shape index (κ3) is 3.97. The zero-order valence-corrected chi connectivity index (χ0v) is 15.1. The minimum atomic E-state index is -0.284. The van der Waals surface area contributed by atoms with Gasteiger partial charge in [0, 0.05) is 37.5 Å². The smallest absolute Gasteiger partial charge is 0.224 e. The summed E-state index contributed by atoms with van der Waals surface area (Å²) >= 11 is 1.49. The lowest BCUT2D eigenvalue weighted by Crippen LogP contribution is -2.30. The first-order valence-electron chi connectivity index (χ1n) is 8.17. The predicted molar refractivity (Wildman–Crippen MR) is 101 cm³/mol. The molecule has 136 valence electrons. The van der Waals surface area contributed by atoms with Gasteiger partial charge in [-0.05, 0) is 17.7 Å². The van der Waals surface area contributed by atoms with E-state index in [4.69, 9.17) is 5.11 Å². The normalized spacial score (nSPS) is 10.9. The summed E-state index contributed by atoms with van der Waals surface area (Å²) in [5.74, 6) is 0.308. The molecule has 0 unspecified atom stereocenters. The van der Waals surface area contributed by atoms with Crippen molar-refractivity contribution in [3.05, 3.63) is 41.8 Å². The monoisotopic (exact) mass is 374 g/mol. The maximum absolute atomic E-state index is 13.2. The molecule has 0 aliphatic carbocycles. The van der Waals surface area contributed by atoms with E-state index >= 15 is 0 Å². The lowest BCUT2D eigenvalue weighted by atomic mass is 10.1. The van der Waals surface area contributed by atoms with E-state index < -0.39 is 0 Å². The number of hydrogen-bond donors (Lipinski definition) is 2. The summed E-state index contributed by atoms with van der Waals surface area (Å²) in [5.41, 5.74) is 1.81. The van der Waals surface area contributed by atoms with Crippen LogP contribution >= 0.6 is 11.3 Å². The van der Waals surface area contributed by atoms with Crippen LogP contribution < -0.4 is 5.32 Å². The quantitative estimate of drug-likeness (QED) is 0.665. The topological polar surface area (TPSA) is 78.4 Å². The van der Waals surface area contributed by atoms with Crippen LogP contribution in [0.3, 0.4) is 0 Å². The van der Waals surface area contributed by atoms with E-state index in [0.29, 0.717) is 18.9 Å². The van der Waals surface area contributed by atoms with E-state index in [1.807, 2.05) is 5.38 Å². The summed E-state index contributed by atoms with van der Waals surface area (Å²) in [4.78, 5) is 22.9. The zero-order valence-electron chi connectivity index (χ0n) is 14.3. The van der Waals surface area contributed by atoms with Crippen molar-refractivity contribution in [2.24, 2.45) is 0 Å². The van der Waals surface area contributed by atoms with Crippen LogP contribution in [0.1, 0.15) is 6.42 Å². The minimum absolute atomic E-state index is 0.0547. The van der Waals surface area contributed by atoms with Gasteiger partial charge in [0.15, 0.2) is 0 Å². The SMILES string of the molecule is CN(CCO)C(=O)CCNc1ncnc2scc(-c3ccc(F)cc3)c12. The van der Waals surface area contributed by atoms with Gasteiger partial charge in [-0.25, -0.2) is 14.4 Å². The van der Waals surface area contributed by atoms with Crippen LogP contribution in [0.15, 0.2) is 36.0 Å². The molecule has 0 saturated heterocycles. The number of thiophene rings is 1. The largest absolute Gasteiger partial charge is 0.395 e. The number of halogens is 1. The van der Waals surface area contributed by atoms with Crippen LogP contribution in [0, 0.1) is 5.82 Å². The van der Waals surface area contributed by atoms with Gasteiger partial charge in [0.25, 0.3) is 0 Å². The number of benzene rings is 1. The van der Waals surface area contributed by atoms with Gasteiger partial charge < -0.3 is 15.3 Å². The third-order valence-electron chi connectivity index (χ3n) is 4.02. The number of aromatic nitrogens is 2. The number of aliphatic hydroxyl groups is 1. The first-order valence-corrected chi connectivity index (χ1v) is 9.05. The zero-order chi connectivity index (χ0) is 18.5. The van der Waals surface area contributed by atoms with Gasteiger partial charge >= 0.3 is 0 Å². The van der Waals surface area contributed by atoms with Crippen LogP contribution in [0.25, 0.3) is 21.3 Å². The molecule has 8 heteroatoms. The van der Waals surface area contributed by atoms with Gasteiger partial charge in [-0.2, -0.15) is 0 Å². The average Bonchev–Trinajstić information content (AvgIpc) is 3.07. The maximum atomic E-state index is 13.2. The van der Waals surface area contributed by atoms with Gasteiger partial charge in [-0.15, -0.1) is 11.3 Å². The summed E-state index contributed by atoms with van der Waals surface area (Å²) < 4.78 is 13.2. The van der Waals surface area contributed by atoms with E-state index in [1.165, 1.54) is 34.7 Å². The Labute approximate surface area is 154 Å². The molecule has 0 saturated carbocycles. The summed E-state index contributed by atoms with van der Waals surface area (Å²) in [5, 5.41) is 14.9. The standard InChI is InChI=1S/C18H19FN4O2S/c1-23(8-9-24)15(25)6-7-20-17-16-14(10-26-18(16)22-11-21-17)12-2-4-13(19)5-3-12/h2-5,10-11,24H,6-9H2,1H3,(H,20,21,22). The van der Waals surface area contributed by atoms with Crippen molar-refractivity contribution >= 4 is 33.3 Å². The highest BCUT2D eigenvalue weighted by molar-refractivity contribution is 7.17. The van der Waals surface area contributed by atoms with E-state index in [0.717, 1.165) is 21.3 Å². The molecule has 0 bridgehead atoms. The Bertz CT molecular complexity index is 898. The fraction of sp³-hybridized carbons (Fsp3) is 0.278. The highest BCUT2D eigenvalue weighted by Gasteiger charge is 2.14. The molecule has 1 aromatic carbocycles. The Kier molecular flexibility index (Phi) is 5.75. The predicted octanol–water partition coefficient (Wildman–Crippen LogP) is 2.75. The molecule has 3 aromatic rings. The third-order valence-corrected chi connectivity index (χ3v) is 4.90. The molecule has 2 heterocycles. The molecule has 0 spiro atoms. The molecule has 0 aliphatic heterocycles. The number of aliphatic hydroxyl groups excluding tert-OH is 1. The Balaban J connectivity index is 1.79. The molecule has 0 fully saturated rings. The van der Waals surface area contributed by atoms with Crippen molar-refractivity contribution in [3.63, 3.8) is 0 Å². The molecule has 3 rings (SSSR count). The van der Waals surface area contributed by atoms with Crippen LogP contribution in [-0.4, -0.2) is 52.6 Å². The van der Waals surface area contributed by atoms with E-state index in [2.05, 4.69) is 15.3 Å². The second-order valence-electron chi connectivity index (χ2n) is 5.77. The van der Waals surface area contributed by atoms with E-state index in [-0.39, 0.29) is 24.8 Å². The second-order valence-corrected chi connectivity index (χ2v) is 6.63. The average molecular weight is 374 g/mol. The van der Waals surface area contributed by atoms with Crippen LogP contribution in [-0.2, 0) is 4.79 Å². The lowest BCUT2D eigenvalue weighted by molar-refractivity contribution is -0.130. The van der Waals surface area contributed by atoms with Crippen molar-refractivity contribution in [3.8, 4) is 11.1 Å². The molecule has 0 aliphatic rings. The molecular formula is C18H19FN4O2S. The number of hydrogen-bond acceptors (Lipinski definition) is 6. The second kappa shape index (κ2) is 8.20. The number of fused-ring (bicyclic) bond motifs is 1. The number of nitrogens with one attached hydrogen (secondary N) is 1. The van der Waals surface area contributed by atoms with Gasteiger partial charge in [0.1, 0.15) is 22.8 Å². The van der Waals surface area contributed by atoms with Crippen LogP contribution in [0.2, 0.25) is 0 Å². The summed E-state index contributed by atoms with van der Waals surface area (Å²) in [7, 11) is 1.66. The maximum Gasteiger partial charge on any atom is 0.224 e. The Morgan fingerprint density at radius 2 is 2.08 bits per heavy atom. The Morgan fingerprint density at radius 1 is 1.31 bits per heavy atom. The van der Waals surface area contributed by atoms with E-state index in [1.54, 1.807) is 19.2 Å². The Morgan fingerprint density at radius 3 is 2.81 bits per heavy atom. The van der Waals surface area contributed by atoms with Crippen LogP contribution in [0.4, 0.5) is 10.2 Å². The molecule has 0 radical (unpaired) electrons. The van der Waals surface area contributed by atoms with Crippen molar-refractivity contribution in [2.45, 2.75) is 6.42 Å². The number of carbonyl (C=O) groups is 1. The molecule has 26 heavy (non-hydrogen) atoms. The summed E-state index contributed by atoms with van der Waals surface area (Å²) in [6.07, 6.45) is 1.77. The molecule has 6 nitrogen and oxygen atoms in total. The number of rotatable bonds is 7. The van der Waals surface area contributed by atoms with Crippen molar-refractivity contribution in [1.82, 2.24) is 14.9 Å². The van der Waals surface area contributed by atoms with Crippen molar-refractivity contribution < 1.29 is 14.3 Å². The number of likely N-dealkylation sites (N-methyl/N-ethyl adjacent to an activating group) is 1. The lowest BCUT2D eigenvalue weighted by Gasteiger charge is -2.16. The number of amides is 1. The first kappa shape index (κ1) is 18.2. The molecular weight excluding hydrogens is 355 g/mol. The van der Waals surface area contributed by atoms with Gasteiger partial charge in [-0.1, -0.05) is 12.1 Å². The van der Waals surface area contributed by atoms with Crippen molar-refractivity contribution in [2.75, 3.05) is 32.1 Å². The van der Waals surface area contributed by atoms with Crippen molar-refractivity contribution in [1.29, 1.82) is 0 Å². The van der Waals surface area contributed by atoms with Gasteiger partial charge in [0.05, 0.1) is 12.0 Å². The fourth-order valence-electron chi connectivity index (χ4n) is 2.60. The molecule has 2 N–H and O–H groups in total. The molecule has 0 atom stereocenters.